The zero-order chi connectivity index (χ0) is 9.30. The van der Waals surface area contributed by atoms with Gasteiger partial charge in [0.2, 0.25) is 0 Å². The van der Waals surface area contributed by atoms with Gasteiger partial charge in [0.1, 0.15) is 0 Å². The van der Waals surface area contributed by atoms with Crippen molar-refractivity contribution in [1.82, 2.24) is 4.98 Å². The fraction of sp³-hybridized carbons (Fsp3) is 0.167. The van der Waals surface area contributed by atoms with Crippen molar-refractivity contribution in [3.63, 3.8) is 0 Å². The predicted molar refractivity (Wildman–Crippen MR) is 53.7 cm³/mol. The Morgan fingerprint density at radius 2 is 1.67 bits per heavy atom. The smallest absolute Gasteiger partial charge is 0.151 e. The van der Waals surface area contributed by atoms with Gasteiger partial charge in [0.05, 0.1) is 20.8 Å². The van der Waals surface area contributed by atoms with E-state index in [1.165, 1.54) is 6.20 Å². The number of pyridine rings is 1. The molecule has 0 fully saturated rings. The van der Waals surface area contributed by atoms with Gasteiger partial charge in [0.25, 0.3) is 0 Å². The van der Waals surface area contributed by atoms with Crippen LogP contribution in [0.2, 0.25) is 15.1 Å². The summed E-state index contributed by atoms with van der Waals surface area (Å²) in [4.78, 5) is 3.03. The summed E-state index contributed by atoms with van der Waals surface area (Å²) in [6.07, 6.45) is 1.35. The SMILES string of the molecule is Clc1cnc(C(Cl)Cl)c(Cl)c1Cl. The van der Waals surface area contributed by atoms with Crippen molar-refractivity contribution >= 4 is 58.0 Å². The van der Waals surface area contributed by atoms with Gasteiger partial charge in [-0.25, -0.2) is 0 Å². The largest absolute Gasteiger partial charge is 0.255 e. The molecule has 1 aromatic heterocycles. The van der Waals surface area contributed by atoms with Gasteiger partial charge in [-0.3, -0.25) is 4.98 Å². The number of aromatic nitrogens is 1. The lowest BCUT2D eigenvalue weighted by molar-refractivity contribution is 1.15. The van der Waals surface area contributed by atoms with Crippen LogP contribution < -0.4 is 0 Å². The summed E-state index contributed by atoms with van der Waals surface area (Å²) >= 11 is 28.2. The second-order valence-electron chi connectivity index (χ2n) is 1.92. The molecule has 0 aliphatic carbocycles. The summed E-state index contributed by atoms with van der Waals surface area (Å²) in [7, 11) is 0. The molecule has 12 heavy (non-hydrogen) atoms. The lowest BCUT2D eigenvalue weighted by atomic mass is 10.4. The summed E-state index contributed by atoms with van der Waals surface area (Å²) in [6.45, 7) is 0. The number of alkyl halides is 2. The van der Waals surface area contributed by atoms with Crippen molar-refractivity contribution < 1.29 is 0 Å². The van der Waals surface area contributed by atoms with Gasteiger partial charge in [0, 0.05) is 6.20 Å². The molecule has 1 rings (SSSR count). The van der Waals surface area contributed by atoms with E-state index in [0.717, 1.165) is 0 Å². The monoisotopic (exact) mass is 263 g/mol. The number of rotatable bonds is 1. The molecule has 0 amide bonds. The van der Waals surface area contributed by atoms with E-state index in [1.807, 2.05) is 0 Å². The van der Waals surface area contributed by atoms with Gasteiger partial charge >= 0.3 is 0 Å². The first-order valence-electron chi connectivity index (χ1n) is 2.81. The Hall–Kier alpha value is 0.600. The minimum absolute atomic E-state index is 0.194. The predicted octanol–water partition coefficient (Wildman–Crippen LogP) is 4.52. The van der Waals surface area contributed by atoms with Crippen LogP contribution in [0.4, 0.5) is 0 Å². The topological polar surface area (TPSA) is 12.9 Å². The quantitative estimate of drug-likeness (QED) is 0.680. The lowest BCUT2D eigenvalue weighted by Crippen LogP contribution is -1.90. The van der Waals surface area contributed by atoms with Crippen LogP contribution in [0, 0.1) is 0 Å². The molecular weight excluding hydrogens is 263 g/mol. The molecule has 0 unspecified atom stereocenters. The molecule has 0 spiro atoms. The van der Waals surface area contributed by atoms with Crippen molar-refractivity contribution in [1.29, 1.82) is 0 Å². The molecule has 0 saturated heterocycles. The molecule has 0 bridgehead atoms. The average molecular weight is 265 g/mol. The van der Waals surface area contributed by atoms with Crippen LogP contribution in [0.15, 0.2) is 6.20 Å². The molecule has 0 aliphatic rings. The van der Waals surface area contributed by atoms with Gasteiger partial charge in [-0.15, -0.1) is 0 Å². The molecule has 0 aliphatic heterocycles. The summed E-state index contributed by atoms with van der Waals surface area (Å²) in [6, 6.07) is 0. The Labute approximate surface area is 94.5 Å². The molecule has 0 radical (unpaired) electrons. The van der Waals surface area contributed by atoms with Crippen LogP contribution in [0.25, 0.3) is 0 Å². The Kier molecular flexibility index (Phi) is 3.74. The van der Waals surface area contributed by atoms with E-state index in [9.17, 15) is 0 Å². The van der Waals surface area contributed by atoms with Gasteiger partial charge < -0.3 is 0 Å². The Balaban J connectivity index is 3.27. The van der Waals surface area contributed by atoms with Crippen LogP contribution in [0.5, 0.6) is 0 Å². The summed E-state index contributed by atoms with van der Waals surface area (Å²) in [5, 5.41) is 0.688. The molecule has 0 N–H and O–H groups in total. The zero-order valence-electron chi connectivity index (χ0n) is 5.49. The van der Waals surface area contributed by atoms with E-state index >= 15 is 0 Å². The first kappa shape index (κ1) is 10.7. The number of hydrogen-bond acceptors (Lipinski definition) is 1. The molecule has 0 aromatic carbocycles. The number of nitrogens with zero attached hydrogens (tertiary/aromatic N) is 1. The fourth-order valence-corrected chi connectivity index (χ4v) is 1.65. The van der Waals surface area contributed by atoms with Gasteiger partial charge in [-0.2, -0.15) is 0 Å². The second-order valence-corrected chi connectivity index (χ2v) is 4.18. The molecule has 0 saturated carbocycles. The molecule has 1 aromatic rings. The molecule has 1 nitrogen and oxygen atoms in total. The van der Waals surface area contributed by atoms with Gasteiger partial charge in [-0.05, 0) is 0 Å². The van der Waals surface area contributed by atoms with E-state index in [0.29, 0.717) is 5.69 Å². The summed E-state index contributed by atoms with van der Waals surface area (Å²) < 4.78 is 0. The fourth-order valence-electron chi connectivity index (χ4n) is 0.609. The van der Waals surface area contributed by atoms with E-state index in [4.69, 9.17) is 58.0 Å². The van der Waals surface area contributed by atoms with Crippen LogP contribution in [0.1, 0.15) is 10.5 Å². The first-order chi connectivity index (χ1) is 5.54. The van der Waals surface area contributed by atoms with Crippen LogP contribution in [-0.2, 0) is 0 Å². The molecule has 1 heterocycles. The second kappa shape index (κ2) is 4.21. The summed E-state index contributed by atoms with van der Waals surface area (Å²) in [5.74, 6) is 0. The average Bonchev–Trinajstić information content (AvgIpc) is 2.00. The van der Waals surface area contributed by atoms with Crippen LogP contribution in [-0.4, -0.2) is 4.98 Å². The third-order valence-corrected chi connectivity index (χ3v) is 2.82. The van der Waals surface area contributed by atoms with Gasteiger partial charge in [0.15, 0.2) is 4.84 Å². The minimum atomic E-state index is -0.799. The maximum atomic E-state index is 5.75. The van der Waals surface area contributed by atoms with Crippen LogP contribution in [0.3, 0.4) is 0 Å². The molecule has 6 heteroatoms. The van der Waals surface area contributed by atoms with Crippen molar-refractivity contribution in [2.45, 2.75) is 4.84 Å². The standard InChI is InChI=1S/C6H2Cl5N/c7-2-1-12-5(6(10)11)4(9)3(2)8/h1,6H. The minimum Gasteiger partial charge on any atom is -0.255 e. The first-order valence-corrected chi connectivity index (χ1v) is 4.82. The molecule has 66 valence electrons. The molecular formula is C6H2Cl5N. The van der Waals surface area contributed by atoms with E-state index < -0.39 is 4.84 Å². The van der Waals surface area contributed by atoms with Crippen LogP contribution >= 0.6 is 58.0 Å². The highest BCUT2D eigenvalue weighted by atomic mass is 35.5. The maximum absolute atomic E-state index is 5.75. The normalized spacial score (nSPS) is 10.8. The highest BCUT2D eigenvalue weighted by Gasteiger charge is 2.15. The van der Waals surface area contributed by atoms with Gasteiger partial charge in [-0.1, -0.05) is 58.0 Å². The van der Waals surface area contributed by atoms with E-state index in [-0.39, 0.29) is 15.1 Å². The highest BCUT2D eigenvalue weighted by Crippen LogP contribution is 2.36. The van der Waals surface area contributed by atoms with E-state index in [2.05, 4.69) is 4.98 Å². The van der Waals surface area contributed by atoms with Crippen molar-refractivity contribution in [3.05, 3.63) is 27.0 Å². The van der Waals surface area contributed by atoms with E-state index in [1.54, 1.807) is 0 Å². The van der Waals surface area contributed by atoms with Crippen molar-refractivity contribution in [3.8, 4) is 0 Å². The van der Waals surface area contributed by atoms with Crippen molar-refractivity contribution in [2.75, 3.05) is 0 Å². The Bertz CT molecular complexity index is 298. The lowest BCUT2D eigenvalue weighted by Gasteiger charge is -2.05. The third kappa shape index (κ3) is 2.09. The zero-order valence-corrected chi connectivity index (χ0v) is 9.27. The Morgan fingerprint density at radius 1 is 1.08 bits per heavy atom. The number of halogens is 5. The Morgan fingerprint density at radius 3 is 2.17 bits per heavy atom. The maximum Gasteiger partial charge on any atom is 0.151 e. The number of hydrogen-bond donors (Lipinski definition) is 0. The highest BCUT2D eigenvalue weighted by molar-refractivity contribution is 6.50. The van der Waals surface area contributed by atoms with Crippen molar-refractivity contribution in [2.24, 2.45) is 0 Å². The third-order valence-electron chi connectivity index (χ3n) is 1.15. The summed E-state index contributed by atoms with van der Waals surface area (Å²) in [5.41, 5.74) is 0.314. The molecule has 0 atom stereocenters.